The van der Waals surface area contributed by atoms with E-state index in [1.807, 2.05) is 12.1 Å². The lowest BCUT2D eigenvalue weighted by molar-refractivity contribution is -0.0703. The minimum Gasteiger partial charge on any atom is -0.491 e. The Morgan fingerprint density at radius 3 is 3.00 bits per heavy atom. The molecule has 5 heteroatoms. The van der Waals surface area contributed by atoms with Crippen LogP contribution in [0.15, 0.2) is 24.3 Å². The van der Waals surface area contributed by atoms with E-state index in [9.17, 15) is 5.11 Å². The van der Waals surface area contributed by atoms with E-state index in [0.29, 0.717) is 31.2 Å². The average molecular weight is 280 g/mol. The van der Waals surface area contributed by atoms with E-state index < -0.39 is 6.10 Å². The van der Waals surface area contributed by atoms with Crippen LogP contribution >= 0.6 is 0 Å². The second kappa shape index (κ2) is 6.43. The number of aliphatic hydroxyl groups excluding tert-OH is 1. The summed E-state index contributed by atoms with van der Waals surface area (Å²) < 4.78 is 11.0. The molecule has 1 aliphatic heterocycles. The molecule has 0 aromatic heterocycles. The summed E-state index contributed by atoms with van der Waals surface area (Å²) in [5.74, 6) is 0.685. The van der Waals surface area contributed by atoms with Crippen LogP contribution in [0.25, 0.3) is 0 Å². The smallest absolute Gasteiger partial charge is 0.121 e. The number of anilines is 1. The van der Waals surface area contributed by atoms with Crippen LogP contribution in [0.1, 0.15) is 13.8 Å². The van der Waals surface area contributed by atoms with Crippen LogP contribution in [0.2, 0.25) is 0 Å². The van der Waals surface area contributed by atoms with Crippen LogP contribution in [0.5, 0.6) is 5.75 Å². The van der Waals surface area contributed by atoms with Gasteiger partial charge in [-0.05, 0) is 26.0 Å². The van der Waals surface area contributed by atoms with Crippen molar-refractivity contribution in [2.45, 2.75) is 25.5 Å². The van der Waals surface area contributed by atoms with Crippen LogP contribution in [-0.4, -0.2) is 54.6 Å². The first-order chi connectivity index (χ1) is 9.47. The lowest BCUT2D eigenvalue weighted by Crippen LogP contribution is -2.55. The first-order valence-corrected chi connectivity index (χ1v) is 6.96. The fourth-order valence-corrected chi connectivity index (χ4v) is 2.33. The first kappa shape index (κ1) is 15.1. The van der Waals surface area contributed by atoms with Gasteiger partial charge in [0.15, 0.2) is 0 Å². The first-order valence-electron chi connectivity index (χ1n) is 6.96. The second-order valence-corrected chi connectivity index (χ2v) is 5.85. The van der Waals surface area contributed by atoms with Gasteiger partial charge in [-0.3, -0.25) is 4.90 Å². The summed E-state index contributed by atoms with van der Waals surface area (Å²) in [6.45, 7) is 7.33. The molecule has 112 valence electrons. The molecule has 0 radical (unpaired) electrons. The molecule has 0 bridgehead atoms. The van der Waals surface area contributed by atoms with E-state index in [2.05, 4.69) is 18.7 Å². The van der Waals surface area contributed by atoms with E-state index in [-0.39, 0.29) is 12.1 Å². The quantitative estimate of drug-likeness (QED) is 0.791. The minimum absolute atomic E-state index is 0.0452. The van der Waals surface area contributed by atoms with Crippen LogP contribution in [0.3, 0.4) is 0 Å². The van der Waals surface area contributed by atoms with Gasteiger partial charge in [-0.1, -0.05) is 6.07 Å². The lowest BCUT2D eigenvalue weighted by atomic mass is 10.0. The average Bonchev–Trinajstić information content (AvgIpc) is 2.39. The Hall–Kier alpha value is -1.30. The number of nitrogen functional groups attached to an aromatic ring is 1. The molecule has 1 unspecified atom stereocenters. The van der Waals surface area contributed by atoms with Crippen molar-refractivity contribution in [3.8, 4) is 5.75 Å². The topological polar surface area (TPSA) is 68.0 Å². The van der Waals surface area contributed by atoms with Crippen LogP contribution < -0.4 is 10.5 Å². The molecule has 1 atom stereocenters. The Labute approximate surface area is 120 Å². The number of aliphatic hydroxyl groups is 1. The zero-order valence-corrected chi connectivity index (χ0v) is 12.2. The van der Waals surface area contributed by atoms with E-state index >= 15 is 0 Å². The van der Waals surface area contributed by atoms with Gasteiger partial charge in [0.05, 0.1) is 13.2 Å². The highest BCUT2D eigenvalue weighted by Gasteiger charge is 2.31. The van der Waals surface area contributed by atoms with Gasteiger partial charge < -0.3 is 20.3 Å². The molecule has 0 amide bonds. The van der Waals surface area contributed by atoms with Crippen LogP contribution in [0.4, 0.5) is 5.69 Å². The standard InChI is InChI=1S/C15H24N2O3/c1-15(2)11-19-7-6-17(15)9-13(18)10-20-14-5-3-4-12(16)8-14/h3-5,8,13,18H,6-7,9-11,16H2,1-2H3. The number of nitrogens with zero attached hydrogens (tertiary/aromatic N) is 1. The maximum Gasteiger partial charge on any atom is 0.121 e. The Kier molecular flexibility index (Phi) is 4.86. The second-order valence-electron chi connectivity index (χ2n) is 5.85. The zero-order chi connectivity index (χ0) is 14.6. The Bertz CT molecular complexity index is 437. The third-order valence-electron chi connectivity index (χ3n) is 3.55. The van der Waals surface area contributed by atoms with Crippen molar-refractivity contribution in [2.24, 2.45) is 0 Å². The fraction of sp³-hybridized carbons (Fsp3) is 0.600. The van der Waals surface area contributed by atoms with E-state index in [4.69, 9.17) is 15.2 Å². The largest absolute Gasteiger partial charge is 0.491 e. The normalized spacial score (nSPS) is 20.6. The van der Waals surface area contributed by atoms with E-state index in [1.54, 1.807) is 12.1 Å². The summed E-state index contributed by atoms with van der Waals surface area (Å²) in [5, 5.41) is 10.1. The molecular formula is C15H24N2O3. The Morgan fingerprint density at radius 1 is 1.50 bits per heavy atom. The van der Waals surface area contributed by atoms with Crippen molar-refractivity contribution in [3.05, 3.63) is 24.3 Å². The number of hydrogen-bond acceptors (Lipinski definition) is 5. The van der Waals surface area contributed by atoms with E-state index in [1.165, 1.54) is 0 Å². The van der Waals surface area contributed by atoms with Gasteiger partial charge in [0.25, 0.3) is 0 Å². The maximum atomic E-state index is 10.1. The molecule has 1 saturated heterocycles. The van der Waals surface area contributed by atoms with Crippen LogP contribution in [-0.2, 0) is 4.74 Å². The Morgan fingerprint density at radius 2 is 2.30 bits per heavy atom. The maximum absolute atomic E-state index is 10.1. The summed E-state index contributed by atoms with van der Waals surface area (Å²) in [6.07, 6.45) is -0.534. The van der Waals surface area contributed by atoms with Crippen molar-refractivity contribution >= 4 is 5.69 Å². The summed E-state index contributed by atoms with van der Waals surface area (Å²) in [7, 11) is 0. The Balaban J connectivity index is 1.81. The third kappa shape index (κ3) is 4.10. The molecule has 0 aliphatic carbocycles. The van der Waals surface area contributed by atoms with Crippen molar-refractivity contribution in [1.82, 2.24) is 4.90 Å². The molecule has 0 saturated carbocycles. The van der Waals surface area contributed by atoms with Gasteiger partial charge in [0, 0.05) is 30.4 Å². The molecule has 2 rings (SSSR count). The van der Waals surface area contributed by atoms with Crippen molar-refractivity contribution in [3.63, 3.8) is 0 Å². The summed E-state index contributed by atoms with van der Waals surface area (Å²) in [6, 6.07) is 7.23. The van der Waals surface area contributed by atoms with Crippen molar-refractivity contribution in [2.75, 3.05) is 38.6 Å². The number of rotatable bonds is 5. The number of ether oxygens (including phenoxy) is 2. The molecule has 1 aromatic rings. The van der Waals surface area contributed by atoms with Gasteiger partial charge >= 0.3 is 0 Å². The summed E-state index contributed by atoms with van der Waals surface area (Å²) >= 11 is 0. The third-order valence-corrected chi connectivity index (χ3v) is 3.55. The summed E-state index contributed by atoms with van der Waals surface area (Å²) in [4.78, 5) is 2.24. The number of β-amino-alcohol motifs (C(OH)–C–C–N with tert-alkyl or cyclic N) is 1. The highest BCUT2D eigenvalue weighted by atomic mass is 16.5. The fourth-order valence-electron chi connectivity index (χ4n) is 2.33. The predicted octanol–water partition coefficient (Wildman–Crippen LogP) is 1.12. The number of benzene rings is 1. The van der Waals surface area contributed by atoms with Gasteiger partial charge in [0.1, 0.15) is 18.5 Å². The molecule has 1 fully saturated rings. The predicted molar refractivity (Wildman–Crippen MR) is 78.8 cm³/mol. The van der Waals surface area contributed by atoms with Gasteiger partial charge in [0.2, 0.25) is 0 Å². The molecular weight excluding hydrogens is 256 g/mol. The van der Waals surface area contributed by atoms with Gasteiger partial charge in [-0.2, -0.15) is 0 Å². The number of hydrogen-bond donors (Lipinski definition) is 2. The zero-order valence-electron chi connectivity index (χ0n) is 12.2. The molecule has 1 aromatic carbocycles. The van der Waals surface area contributed by atoms with Gasteiger partial charge in [-0.15, -0.1) is 0 Å². The molecule has 5 nitrogen and oxygen atoms in total. The highest BCUT2D eigenvalue weighted by Crippen LogP contribution is 2.19. The molecule has 1 heterocycles. The monoisotopic (exact) mass is 280 g/mol. The van der Waals surface area contributed by atoms with Crippen LogP contribution in [0, 0.1) is 0 Å². The molecule has 20 heavy (non-hydrogen) atoms. The van der Waals surface area contributed by atoms with E-state index in [0.717, 1.165) is 6.54 Å². The highest BCUT2D eigenvalue weighted by molar-refractivity contribution is 5.43. The summed E-state index contributed by atoms with van der Waals surface area (Å²) in [5.41, 5.74) is 6.30. The molecule has 1 aliphatic rings. The molecule has 0 spiro atoms. The number of morpholine rings is 1. The molecule has 3 N–H and O–H groups in total. The minimum atomic E-state index is -0.534. The lowest BCUT2D eigenvalue weighted by Gasteiger charge is -2.42. The SMILES string of the molecule is CC1(C)COCCN1CC(O)COc1cccc(N)c1. The van der Waals surface area contributed by atoms with Crippen molar-refractivity contribution in [1.29, 1.82) is 0 Å². The van der Waals surface area contributed by atoms with Gasteiger partial charge in [-0.25, -0.2) is 0 Å². The van der Waals surface area contributed by atoms with Crippen molar-refractivity contribution < 1.29 is 14.6 Å². The number of nitrogens with two attached hydrogens (primary N) is 1.